The number of pyridine rings is 1. The van der Waals surface area contributed by atoms with Crippen LogP contribution in [0.5, 0.6) is 0 Å². The Labute approximate surface area is 162 Å². The molecule has 1 saturated heterocycles. The lowest BCUT2D eigenvalue weighted by Gasteiger charge is -2.33. The first-order valence-corrected chi connectivity index (χ1v) is 10.0. The van der Waals surface area contributed by atoms with Gasteiger partial charge in [0.2, 0.25) is 5.91 Å². The second kappa shape index (κ2) is 8.02. The third-order valence-electron chi connectivity index (χ3n) is 4.76. The number of rotatable bonds is 5. The fraction of sp³-hybridized carbons (Fsp3) is 0.350. The van der Waals surface area contributed by atoms with Gasteiger partial charge in [-0.1, -0.05) is 12.1 Å². The predicted molar refractivity (Wildman–Crippen MR) is 111 cm³/mol. The summed E-state index contributed by atoms with van der Waals surface area (Å²) in [5.74, 6) is 0.957. The molecule has 140 valence electrons. The maximum atomic E-state index is 12.2. The molecule has 27 heavy (non-hydrogen) atoms. The first-order valence-electron chi connectivity index (χ1n) is 9.21. The number of aromatic nitrogens is 2. The van der Waals surface area contributed by atoms with Gasteiger partial charge in [-0.2, -0.15) is 0 Å². The van der Waals surface area contributed by atoms with Crippen LogP contribution in [0.2, 0.25) is 0 Å². The minimum atomic E-state index is -0.0107. The zero-order valence-electron chi connectivity index (χ0n) is 15.4. The van der Waals surface area contributed by atoms with Gasteiger partial charge >= 0.3 is 0 Å². The van der Waals surface area contributed by atoms with E-state index in [-0.39, 0.29) is 5.91 Å². The Balaban J connectivity index is 1.30. The summed E-state index contributed by atoms with van der Waals surface area (Å²) in [5, 5.41) is 3.93. The molecule has 1 amide bonds. The van der Waals surface area contributed by atoms with E-state index in [1.165, 1.54) is 0 Å². The number of piperazine rings is 1. The van der Waals surface area contributed by atoms with Gasteiger partial charge in [-0.3, -0.25) is 4.79 Å². The lowest BCUT2D eigenvalue weighted by molar-refractivity contribution is -0.116. The van der Waals surface area contributed by atoms with Crippen LogP contribution in [0.1, 0.15) is 11.4 Å². The first-order chi connectivity index (χ1) is 13.2. The summed E-state index contributed by atoms with van der Waals surface area (Å²) >= 11 is 1.65. The van der Waals surface area contributed by atoms with E-state index in [0.717, 1.165) is 52.9 Å². The summed E-state index contributed by atoms with van der Waals surface area (Å²) in [7, 11) is 2.14. The number of carbonyl (C=O) groups is 1. The van der Waals surface area contributed by atoms with Crippen molar-refractivity contribution in [3.63, 3.8) is 0 Å². The number of aryl methyl sites for hydroxylation is 1. The van der Waals surface area contributed by atoms with Crippen molar-refractivity contribution in [1.29, 1.82) is 0 Å². The van der Waals surface area contributed by atoms with Crippen LogP contribution in [0.3, 0.4) is 0 Å². The van der Waals surface area contributed by atoms with Gasteiger partial charge in [0.05, 0.1) is 27.1 Å². The van der Waals surface area contributed by atoms with Gasteiger partial charge in [0, 0.05) is 39.0 Å². The molecule has 6 nitrogen and oxygen atoms in total. The highest BCUT2D eigenvalue weighted by Gasteiger charge is 2.15. The Hall–Kier alpha value is -2.51. The summed E-state index contributed by atoms with van der Waals surface area (Å²) in [6.07, 6.45) is 2.81. The van der Waals surface area contributed by atoms with Gasteiger partial charge in [0.15, 0.2) is 0 Å². The number of carbonyl (C=O) groups excluding carboxylic acids is 1. The third-order valence-corrected chi connectivity index (χ3v) is 5.86. The van der Waals surface area contributed by atoms with E-state index in [9.17, 15) is 4.79 Å². The fourth-order valence-electron chi connectivity index (χ4n) is 3.15. The predicted octanol–water partition coefficient (Wildman–Crippen LogP) is 3.01. The van der Waals surface area contributed by atoms with Crippen LogP contribution < -0.4 is 10.2 Å². The topological polar surface area (TPSA) is 61.4 Å². The molecular formula is C20H23N5OS. The van der Waals surface area contributed by atoms with Gasteiger partial charge in [-0.25, -0.2) is 9.97 Å². The van der Waals surface area contributed by atoms with E-state index in [0.29, 0.717) is 12.8 Å². The highest BCUT2D eigenvalue weighted by Crippen LogP contribution is 2.22. The van der Waals surface area contributed by atoms with Gasteiger partial charge in [-0.15, -0.1) is 11.3 Å². The van der Waals surface area contributed by atoms with Gasteiger partial charge < -0.3 is 15.1 Å². The zero-order valence-corrected chi connectivity index (χ0v) is 16.2. The van der Waals surface area contributed by atoms with Crippen molar-refractivity contribution in [3.8, 4) is 0 Å². The number of hydrogen-bond donors (Lipinski definition) is 1. The molecule has 0 aliphatic carbocycles. The average molecular weight is 382 g/mol. The average Bonchev–Trinajstić information content (AvgIpc) is 3.11. The molecule has 1 aliphatic heterocycles. The van der Waals surface area contributed by atoms with E-state index < -0.39 is 0 Å². The normalized spacial score (nSPS) is 15.2. The minimum Gasteiger partial charge on any atom is -0.354 e. The molecule has 0 radical (unpaired) electrons. The van der Waals surface area contributed by atoms with Gasteiger partial charge in [0.25, 0.3) is 0 Å². The largest absolute Gasteiger partial charge is 0.354 e. The number of nitrogens with one attached hydrogen (secondary N) is 1. The summed E-state index contributed by atoms with van der Waals surface area (Å²) in [5.41, 5.74) is 1.74. The summed E-state index contributed by atoms with van der Waals surface area (Å²) in [6, 6.07) is 12.0. The van der Waals surface area contributed by atoms with Crippen molar-refractivity contribution < 1.29 is 4.79 Å². The number of thiazole rings is 1. The smallest absolute Gasteiger partial charge is 0.224 e. The van der Waals surface area contributed by atoms with Crippen LogP contribution in [-0.2, 0) is 11.2 Å². The highest BCUT2D eigenvalue weighted by atomic mass is 32.1. The second-order valence-corrected chi connectivity index (χ2v) is 7.93. The monoisotopic (exact) mass is 381 g/mol. The summed E-state index contributed by atoms with van der Waals surface area (Å²) in [4.78, 5) is 25.9. The van der Waals surface area contributed by atoms with E-state index in [1.807, 2.05) is 30.3 Å². The molecule has 1 fully saturated rings. The van der Waals surface area contributed by atoms with Crippen LogP contribution in [0.4, 0.5) is 11.5 Å². The number of nitrogens with zero attached hydrogens (tertiary/aromatic N) is 4. The number of benzene rings is 1. The molecule has 4 rings (SSSR count). The van der Waals surface area contributed by atoms with Crippen molar-refractivity contribution in [3.05, 3.63) is 47.6 Å². The SMILES string of the molecule is CN1CCN(c2ccc(NC(=O)CCc3nc4ccccc4s3)cn2)CC1. The van der Waals surface area contributed by atoms with Crippen LogP contribution in [0.25, 0.3) is 10.2 Å². The minimum absolute atomic E-state index is 0.0107. The van der Waals surface area contributed by atoms with Crippen LogP contribution in [0.15, 0.2) is 42.6 Å². The molecule has 3 aromatic rings. The van der Waals surface area contributed by atoms with E-state index >= 15 is 0 Å². The Kier molecular flexibility index (Phi) is 5.31. The maximum Gasteiger partial charge on any atom is 0.224 e. The molecule has 3 heterocycles. The van der Waals surface area contributed by atoms with Crippen molar-refractivity contribution in [1.82, 2.24) is 14.9 Å². The fourth-order valence-corrected chi connectivity index (χ4v) is 4.12. The Morgan fingerprint density at radius 3 is 2.70 bits per heavy atom. The maximum absolute atomic E-state index is 12.2. The van der Waals surface area contributed by atoms with Crippen LogP contribution in [-0.4, -0.2) is 54.0 Å². The van der Waals surface area contributed by atoms with Crippen molar-refractivity contribution in [2.75, 3.05) is 43.4 Å². The zero-order chi connectivity index (χ0) is 18.6. The van der Waals surface area contributed by atoms with Crippen molar-refractivity contribution >= 4 is 39.0 Å². The van der Waals surface area contributed by atoms with Gasteiger partial charge in [-0.05, 0) is 31.3 Å². The van der Waals surface area contributed by atoms with E-state index in [1.54, 1.807) is 17.5 Å². The number of fused-ring (bicyclic) bond motifs is 1. The lowest BCUT2D eigenvalue weighted by Crippen LogP contribution is -2.44. The Morgan fingerprint density at radius 1 is 1.15 bits per heavy atom. The highest BCUT2D eigenvalue weighted by molar-refractivity contribution is 7.18. The van der Waals surface area contributed by atoms with Gasteiger partial charge in [0.1, 0.15) is 5.82 Å². The summed E-state index contributed by atoms with van der Waals surface area (Å²) in [6.45, 7) is 4.06. The number of para-hydroxylation sites is 1. The molecule has 0 bridgehead atoms. The number of amides is 1. The third kappa shape index (κ3) is 4.43. The molecule has 1 aliphatic rings. The molecule has 0 saturated carbocycles. The number of hydrogen-bond acceptors (Lipinski definition) is 6. The molecule has 0 unspecified atom stereocenters. The molecule has 7 heteroatoms. The van der Waals surface area contributed by atoms with E-state index in [2.05, 4.69) is 38.2 Å². The molecule has 2 aromatic heterocycles. The molecule has 0 atom stereocenters. The van der Waals surface area contributed by atoms with Crippen LogP contribution in [0, 0.1) is 0 Å². The van der Waals surface area contributed by atoms with E-state index in [4.69, 9.17) is 0 Å². The quantitative estimate of drug-likeness (QED) is 0.736. The lowest BCUT2D eigenvalue weighted by atomic mass is 10.3. The summed E-state index contributed by atoms with van der Waals surface area (Å²) < 4.78 is 1.16. The molecule has 1 aromatic carbocycles. The Morgan fingerprint density at radius 2 is 1.96 bits per heavy atom. The second-order valence-electron chi connectivity index (χ2n) is 6.82. The molecule has 0 spiro atoms. The number of likely N-dealkylation sites (N-methyl/N-ethyl adjacent to an activating group) is 1. The van der Waals surface area contributed by atoms with Crippen molar-refractivity contribution in [2.24, 2.45) is 0 Å². The molecular weight excluding hydrogens is 358 g/mol. The Bertz CT molecular complexity index is 883. The standard InChI is InChI=1S/C20H23N5OS/c1-24-10-12-25(13-11-24)18-7-6-15(14-21-18)22-19(26)8-9-20-23-16-4-2-3-5-17(16)27-20/h2-7,14H,8-13H2,1H3,(H,22,26). The van der Waals surface area contributed by atoms with Crippen LogP contribution >= 0.6 is 11.3 Å². The molecule has 1 N–H and O–H groups in total. The first kappa shape index (κ1) is 17.9. The number of anilines is 2. The van der Waals surface area contributed by atoms with Crippen molar-refractivity contribution in [2.45, 2.75) is 12.8 Å².